The summed E-state index contributed by atoms with van der Waals surface area (Å²) >= 11 is 0. The molecule has 442 valence electrons. The van der Waals surface area contributed by atoms with Gasteiger partial charge in [-0.25, -0.2) is 0 Å². The summed E-state index contributed by atoms with van der Waals surface area (Å²) in [7, 11) is 0. The minimum Gasteiger partial charge on any atom is -0.462 e. The Labute approximate surface area is 472 Å². The highest BCUT2D eigenvalue weighted by molar-refractivity contribution is 5.72. The van der Waals surface area contributed by atoms with Crippen molar-refractivity contribution in [2.45, 2.75) is 354 Å². The third-order valence-electron chi connectivity index (χ3n) is 14.8. The van der Waals surface area contributed by atoms with Gasteiger partial charge in [0.05, 0.1) is 6.42 Å². The van der Waals surface area contributed by atoms with E-state index in [4.69, 9.17) is 14.2 Å². The number of hydrogen-bond acceptors (Lipinski definition) is 6. The van der Waals surface area contributed by atoms with Gasteiger partial charge in [-0.05, 0) is 44.9 Å². The first kappa shape index (κ1) is 73.1. The van der Waals surface area contributed by atoms with Gasteiger partial charge in [0.15, 0.2) is 6.10 Å². The molecule has 0 aliphatic carbocycles. The van der Waals surface area contributed by atoms with Crippen LogP contribution >= 0.6 is 0 Å². The number of esters is 3. The van der Waals surface area contributed by atoms with E-state index >= 15 is 0 Å². The summed E-state index contributed by atoms with van der Waals surface area (Å²) in [6, 6.07) is 0. The second-order valence-electron chi connectivity index (χ2n) is 22.4. The molecule has 76 heavy (non-hydrogen) atoms. The monoisotopic (exact) mass is 1060 g/mol. The lowest BCUT2D eigenvalue weighted by molar-refractivity contribution is -0.166. The molecule has 1 atom stereocenters. The molecule has 0 saturated carbocycles. The molecule has 0 fully saturated rings. The van der Waals surface area contributed by atoms with Crippen LogP contribution in [0.4, 0.5) is 0 Å². The Morgan fingerprint density at radius 3 is 0.750 bits per heavy atom. The molecule has 1 unspecified atom stereocenters. The Hall–Kier alpha value is -2.89. The summed E-state index contributed by atoms with van der Waals surface area (Å²) in [6.45, 7) is 6.49. The second kappa shape index (κ2) is 64.6. The smallest absolute Gasteiger partial charge is 0.310 e. The van der Waals surface area contributed by atoms with E-state index in [0.717, 1.165) is 70.6 Å². The average molecular weight is 1060 g/mol. The van der Waals surface area contributed by atoms with E-state index in [0.29, 0.717) is 12.8 Å². The number of hydrogen-bond donors (Lipinski definition) is 0. The summed E-state index contributed by atoms with van der Waals surface area (Å²) < 4.78 is 16.8. The molecule has 0 aromatic carbocycles. The molecule has 0 saturated heterocycles. The molecule has 0 radical (unpaired) electrons. The fraction of sp³-hybridized carbons (Fsp3) is 0.814. The maximum Gasteiger partial charge on any atom is 0.310 e. The van der Waals surface area contributed by atoms with E-state index in [9.17, 15) is 14.4 Å². The van der Waals surface area contributed by atoms with Crippen molar-refractivity contribution in [2.24, 2.45) is 0 Å². The van der Waals surface area contributed by atoms with E-state index in [-0.39, 0.29) is 31.6 Å². The summed E-state index contributed by atoms with van der Waals surface area (Å²) in [6.07, 6.45) is 82.9. The van der Waals surface area contributed by atoms with Gasteiger partial charge >= 0.3 is 17.9 Å². The first-order chi connectivity index (χ1) is 37.5. The van der Waals surface area contributed by atoms with E-state index in [1.54, 1.807) is 6.08 Å². The van der Waals surface area contributed by atoms with Crippen molar-refractivity contribution in [2.75, 3.05) is 13.2 Å². The molecular weight excluding hydrogens is 937 g/mol. The summed E-state index contributed by atoms with van der Waals surface area (Å²) in [5.41, 5.74) is 0. The predicted molar refractivity (Wildman–Crippen MR) is 330 cm³/mol. The fourth-order valence-electron chi connectivity index (χ4n) is 9.88. The van der Waals surface area contributed by atoms with E-state index in [1.165, 1.54) is 238 Å². The van der Waals surface area contributed by atoms with Crippen LogP contribution in [0, 0.1) is 0 Å². The summed E-state index contributed by atoms with van der Waals surface area (Å²) in [4.78, 5) is 38.1. The van der Waals surface area contributed by atoms with Gasteiger partial charge in [0.1, 0.15) is 13.2 Å². The molecule has 0 aliphatic heterocycles. The number of allylic oxidation sites excluding steroid dienone is 9. The van der Waals surface area contributed by atoms with Crippen LogP contribution in [-0.4, -0.2) is 37.2 Å². The second-order valence-corrected chi connectivity index (χ2v) is 22.4. The topological polar surface area (TPSA) is 78.9 Å². The van der Waals surface area contributed by atoms with Crippen molar-refractivity contribution < 1.29 is 28.6 Å². The minimum atomic E-state index is -0.826. The molecule has 0 N–H and O–H groups in total. The molecular formula is C70H126O6. The highest BCUT2D eigenvalue weighted by Crippen LogP contribution is 2.18. The van der Waals surface area contributed by atoms with E-state index in [1.807, 2.05) is 6.08 Å². The fourth-order valence-corrected chi connectivity index (χ4v) is 9.88. The molecule has 0 spiro atoms. The first-order valence-corrected chi connectivity index (χ1v) is 33.3. The van der Waals surface area contributed by atoms with Gasteiger partial charge in [-0.2, -0.15) is 0 Å². The van der Waals surface area contributed by atoms with Crippen LogP contribution in [0.2, 0.25) is 0 Å². The standard InChI is InChI=1S/C70H126O6/c1-4-7-10-13-16-19-22-25-27-28-29-30-31-32-33-34-35-36-37-38-39-40-41-42-44-45-48-51-54-57-60-63-69(72)75-66-67(65-74-68(71)62-59-56-53-50-47-24-21-18-15-12-9-6-3)76-70(73)64-61-58-55-52-49-46-43-26-23-20-17-14-11-8-5-2/h8,11,17,20,26,43,49,52,58,61,67H,4-7,9-10,12-16,18-19,21-25,27-42,44-48,50-51,53-57,59-60,62-66H2,1-3H3/b11-8-,20-17-,43-26-,52-49-,61-58-. The van der Waals surface area contributed by atoms with Crippen LogP contribution in [0.5, 0.6) is 0 Å². The van der Waals surface area contributed by atoms with Crippen LogP contribution in [0.15, 0.2) is 60.8 Å². The van der Waals surface area contributed by atoms with Crippen LogP contribution in [-0.2, 0) is 28.6 Å². The summed E-state index contributed by atoms with van der Waals surface area (Å²) in [5, 5.41) is 0. The predicted octanol–water partition coefficient (Wildman–Crippen LogP) is 22.7. The van der Waals surface area contributed by atoms with Gasteiger partial charge in [0, 0.05) is 12.8 Å². The number of unbranched alkanes of at least 4 members (excludes halogenated alkanes) is 41. The van der Waals surface area contributed by atoms with Crippen molar-refractivity contribution in [3.05, 3.63) is 60.8 Å². The molecule has 0 bridgehead atoms. The number of rotatable bonds is 61. The minimum absolute atomic E-state index is 0.102. The highest BCUT2D eigenvalue weighted by atomic mass is 16.6. The quantitative estimate of drug-likeness (QED) is 0.0261. The molecule has 0 heterocycles. The maximum atomic E-state index is 12.8. The van der Waals surface area contributed by atoms with Gasteiger partial charge in [0.25, 0.3) is 0 Å². The number of carbonyl (C=O) groups excluding carboxylic acids is 3. The van der Waals surface area contributed by atoms with Crippen LogP contribution in [0.25, 0.3) is 0 Å². The van der Waals surface area contributed by atoms with Gasteiger partial charge in [-0.3, -0.25) is 14.4 Å². The third-order valence-corrected chi connectivity index (χ3v) is 14.8. The Kier molecular flexibility index (Phi) is 62.2. The summed E-state index contributed by atoms with van der Waals surface area (Å²) in [5.74, 6) is -1.02. The van der Waals surface area contributed by atoms with Gasteiger partial charge in [0.2, 0.25) is 0 Å². The van der Waals surface area contributed by atoms with Gasteiger partial charge in [-0.15, -0.1) is 0 Å². The van der Waals surface area contributed by atoms with Crippen molar-refractivity contribution in [1.29, 1.82) is 0 Å². The maximum absolute atomic E-state index is 12.8. The van der Waals surface area contributed by atoms with Crippen molar-refractivity contribution in [3.8, 4) is 0 Å². The lowest BCUT2D eigenvalue weighted by Gasteiger charge is -2.18. The largest absolute Gasteiger partial charge is 0.462 e. The zero-order valence-electron chi connectivity index (χ0n) is 50.8. The van der Waals surface area contributed by atoms with Crippen molar-refractivity contribution in [1.82, 2.24) is 0 Å². The third kappa shape index (κ3) is 62.0. The Balaban J connectivity index is 4.15. The van der Waals surface area contributed by atoms with Crippen LogP contribution in [0.1, 0.15) is 348 Å². The number of ether oxygens (including phenoxy) is 3. The molecule has 0 aliphatic rings. The highest BCUT2D eigenvalue weighted by Gasteiger charge is 2.19. The first-order valence-electron chi connectivity index (χ1n) is 33.3. The zero-order chi connectivity index (χ0) is 55.0. The molecule has 6 nitrogen and oxygen atoms in total. The van der Waals surface area contributed by atoms with Crippen LogP contribution < -0.4 is 0 Å². The normalized spacial score (nSPS) is 12.4. The molecule has 0 aromatic rings. The van der Waals surface area contributed by atoms with E-state index < -0.39 is 12.1 Å². The van der Waals surface area contributed by atoms with E-state index in [2.05, 4.69) is 69.4 Å². The SMILES string of the molecule is CC/C=C\C/C=C\C/C=C\C/C=C\C/C=C\CC(=O)OC(COC(=O)CCCCCCCCCCCCCC)COC(=O)CCCCCCCCCCCCCCCCCCCCCCCCCCCCCCCCC. The lowest BCUT2D eigenvalue weighted by Crippen LogP contribution is -2.30. The van der Waals surface area contributed by atoms with Crippen molar-refractivity contribution in [3.63, 3.8) is 0 Å². The Morgan fingerprint density at radius 1 is 0.276 bits per heavy atom. The van der Waals surface area contributed by atoms with Crippen LogP contribution in [0.3, 0.4) is 0 Å². The van der Waals surface area contributed by atoms with Gasteiger partial charge < -0.3 is 14.2 Å². The Morgan fingerprint density at radius 2 is 0.500 bits per heavy atom. The molecule has 0 rings (SSSR count). The van der Waals surface area contributed by atoms with Crippen molar-refractivity contribution >= 4 is 17.9 Å². The molecule has 6 heteroatoms. The zero-order valence-corrected chi connectivity index (χ0v) is 50.8. The van der Waals surface area contributed by atoms with Gasteiger partial charge in [-0.1, -0.05) is 345 Å². The Bertz CT molecular complexity index is 1360. The number of carbonyl (C=O) groups is 3. The lowest BCUT2D eigenvalue weighted by atomic mass is 10.0. The molecule has 0 aromatic heterocycles. The molecule has 0 amide bonds. The average Bonchev–Trinajstić information content (AvgIpc) is 3.42.